The van der Waals surface area contributed by atoms with E-state index in [2.05, 4.69) is 67.8 Å². The molecule has 0 bridgehead atoms. The van der Waals surface area contributed by atoms with Crippen molar-refractivity contribution in [3.63, 3.8) is 0 Å². The lowest BCUT2D eigenvalue weighted by Crippen LogP contribution is -2.66. The quantitative estimate of drug-likeness (QED) is 0.0353. The van der Waals surface area contributed by atoms with Crippen LogP contribution in [0.5, 0.6) is 11.5 Å². The molecule has 0 unspecified atom stereocenters. The van der Waals surface area contributed by atoms with Crippen molar-refractivity contribution < 1.29 is 90.3 Å². The standard InChI is InChI=1S/C55H77I3O19/c1-27(2)48(59)69-26-55(47(75-53(64)32(11)12)44(72-50(61)29(5)6)40(76-55)25-66-17-19-68-42-35(15)22-36(56)23-38(42)58)77-54-46(74-52(63)31(9)10)45(73-51(62)30(7)8)43(71-49(60)28(3)4)39(70-54)24-65-16-18-67-41-34(14)20-33(13)21-37(41)57/h20-23,27-32,39-40,43-47,54H,16-19,24-26H2,1-15H3/t39-,40-,43-,44-,45+,46-,47+,54-,55+/m1/s1. The van der Waals surface area contributed by atoms with Gasteiger partial charge in [-0.3, -0.25) is 28.8 Å². The first kappa shape index (κ1) is 66.4. The van der Waals surface area contributed by atoms with Gasteiger partial charge in [0.25, 0.3) is 0 Å². The summed E-state index contributed by atoms with van der Waals surface area (Å²) in [7, 11) is 0. The molecule has 4 rings (SSSR count). The summed E-state index contributed by atoms with van der Waals surface area (Å²) < 4.78 is 84.6. The van der Waals surface area contributed by atoms with E-state index in [0.717, 1.165) is 27.4 Å². The first-order valence-electron chi connectivity index (χ1n) is 25.9. The predicted octanol–water partition coefficient (Wildman–Crippen LogP) is 8.79. The highest BCUT2D eigenvalue weighted by Gasteiger charge is 2.65. The summed E-state index contributed by atoms with van der Waals surface area (Å²) in [5.41, 5.74) is 2.92. The van der Waals surface area contributed by atoms with Gasteiger partial charge >= 0.3 is 35.8 Å². The van der Waals surface area contributed by atoms with Crippen LogP contribution in [-0.4, -0.2) is 137 Å². The zero-order valence-electron chi connectivity index (χ0n) is 46.7. The number of hydrogen-bond acceptors (Lipinski definition) is 19. The van der Waals surface area contributed by atoms with Crippen LogP contribution in [0, 0.1) is 67.0 Å². The van der Waals surface area contributed by atoms with Gasteiger partial charge in [0.15, 0.2) is 30.5 Å². The van der Waals surface area contributed by atoms with Crippen molar-refractivity contribution in [3.8, 4) is 11.5 Å². The molecule has 0 spiro atoms. The number of halogens is 3. The van der Waals surface area contributed by atoms with Crippen molar-refractivity contribution in [2.45, 2.75) is 159 Å². The SMILES string of the molecule is Cc1cc(C)c(OCCOC[C@H]2O[C@H](O[C@]3(COC(=O)C(C)C)O[C@H](COCCOc4c(C)cc(I)cc4I)[C@@H](OC(=O)C(C)C)[C@@H]3OC(=O)C(C)C)[C@H](OC(=O)C(C)C)[C@@H](OC(=O)C(C)C)[C@@H]2OC(=O)C(C)C)c(I)c1. The molecule has 2 aliphatic rings. The number of aryl methyl sites for hydroxylation is 3. The molecule has 2 saturated heterocycles. The Balaban J connectivity index is 1.90. The molecule has 0 N–H and O–H groups in total. The number of carbonyl (C=O) groups is 6. The smallest absolute Gasteiger partial charge is 0.308 e. The molecule has 2 heterocycles. The van der Waals surface area contributed by atoms with Crippen LogP contribution in [0.4, 0.5) is 0 Å². The maximum atomic E-state index is 13.9. The minimum Gasteiger partial charge on any atom is -0.490 e. The predicted molar refractivity (Wildman–Crippen MR) is 305 cm³/mol. The van der Waals surface area contributed by atoms with E-state index in [1.807, 2.05) is 45.0 Å². The van der Waals surface area contributed by atoms with Gasteiger partial charge in [0.2, 0.25) is 12.1 Å². The molecule has 2 aliphatic heterocycles. The summed E-state index contributed by atoms with van der Waals surface area (Å²) in [6.07, 6.45) is -12.7. The van der Waals surface area contributed by atoms with Gasteiger partial charge in [0, 0.05) is 3.57 Å². The van der Waals surface area contributed by atoms with Gasteiger partial charge < -0.3 is 61.6 Å². The fourth-order valence-electron chi connectivity index (χ4n) is 7.65. The Bertz CT molecular complexity index is 2290. The van der Waals surface area contributed by atoms with E-state index in [9.17, 15) is 28.8 Å². The van der Waals surface area contributed by atoms with Gasteiger partial charge in [0.1, 0.15) is 43.5 Å². The number of ether oxygens (including phenoxy) is 13. The number of rotatable bonds is 27. The second-order valence-electron chi connectivity index (χ2n) is 20.9. The van der Waals surface area contributed by atoms with E-state index in [1.165, 1.54) is 0 Å². The normalized spacial score (nSPS) is 23.4. The van der Waals surface area contributed by atoms with Crippen molar-refractivity contribution in [2.75, 3.05) is 46.2 Å². The Morgan fingerprint density at radius 1 is 0.506 bits per heavy atom. The average Bonchev–Trinajstić information content (AvgIpc) is 3.62. The van der Waals surface area contributed by atoms with Crippen LogP contribution < -0.4 is 9.47 Å². The second-order valence-corrected chi connectivity index (χ2v) is 24.5. The first-order chi connectivity index (χ1) is 36.1. The summed E-state index contributed by atoms with van der Waals surface area (Å²) in [5.74, 6) is -9.98. The van der Waals surface area contributed by atoms with Gasteiger partial charge in [-0.05, 0) is 123 Å². The number of benzene rings is 2. The van der Waals surface area contributed by atoms with Crippen LogP contribution in [0.2, 0.25) is 0 Å². The number of carbonyl (C=O) groups excluding carboxylic acids is 6. The lowest BCUT2D eigenvalue weighted by atomic mass is 9.97. The summed E-state index contributed by atoms with van der Waals surface area (Å²) >= 11 is 6.63. The highest BCUT2D eigenvalue weighted by molar-refractivity contribution is 14.1. The van der Waals surface area contributed by atoms with E-state index in [-0.39, 0.29) is 39.6 Å². The Morgan fingerprint density at radius 3 is 1.42 bits per heavy atom. The van der Waals surface area contributed by atoms with E-state index in [4.69, 9.17) is 61.6 Å². The number of hydrogen-bond donors (Lipinski definition) is 0. The van der Waals surface area contributed by atoms with Crippen LogP contribution in [0.25, 0.3) is 0 Å². The molecule has 0 aliphatic carbocycles. The first-order valence-corrected chi connectivity index (χ1v) is 29.1. The Labute approximate surface area is 493 Å². The van der Waals surface area contributed by atoms with Crippen LogP contribution in [0.1, 0.15) is 99.8 Å². The van der Waals surface area contributed by atoms with Crippen LogP contribution in [-0.2, 0) is 80.9 Å². The van der Waals surface area contributed by atoms with E-state index in [1.54, 1.807) is 83.1 Å². The van der Waals surface area contributed by atoms with Crippen molar-refractivity contribution in [3.05, 3.63) is 51.7 Å². The van der Waals surface area contributed by atoms with E-state index in [0.29, 0.717) is 11.5 Å². The van der Waals surface area contributed by atoms with Crippen molar-refractivity contribution in [1.82, 2.24) is 0 Å². The zero-order chi connectivity index (χ0) is 57.6. The van der Waals surface area contributed by atoms with Crippen LogP contribution in [0.3, 0.4) is 0 Å². The lowest BCUT2D eigenvalue weighted by Gasteiger charge is -2.47. The molecule has 0 amide bonds. The van der Waals surface area contributed by atoms with Gasteiger partial charge in [-0.15, -0.1) is 0 Å². The van der Waals surface area contributed by atoms with Gasteiger partial charge in [-0.25, -0.2) is 0 Å². The summed E-state index contributed by atoms with van der Waals surface area (Å²) in [5, 5.41) is 0. The monoisotopic (exact) mass is 1420 g/mol. The second kappa shape index (κ2) is 30.6. The molecule has 2 fully saturated rings. The Hall–Kier alpha value is -3.15. The molecular formula is C55H77I3O19. The van der Waals surface area contributed by atoms with Crippen molar-refractivity contribution >= 4 is 104 Å². The number of esters is 6. The van der Waals surface area contributed by atoms with Gasteiger partial charge in [-0.1, -0.05) is 89.2 Å². The van der Waals surface area contributed by atoms with Gasteiger partial charge in [0.05, 0.1) is 69.1 Å². The third kappa shape index (κ3) is 19.0. The fraction of sp³-hybridized carbons (Fsp3) is 0.673. The molecule has 0 saturated carbocycles. The third-order valence-corrected chi connectivity index (χ3v) is 14.2. The molecule has 19 nitrogen and oxygen atoms in total. The molecule has 22 heteroatoms. The van der Waals surface area contributed by atoms with E-state index >= 15 is 0 Å². The van der Waals surface area contributed by atoms with Crippen LogP contribution >= 0.6 is 67.8 Å². The Morgan fingerprint density at radius 2 is 0.935 bits per heavy atom. The summed E-state index contributed by atoms with van der Waals surface area (Å²) in [6.45, 7) is 23.7. The maximum Gasteiger partial charge on any atom is 0.308 e. The van der Waals surface area contributed by atoms with Crippen molar-refractivity contribution in [2.24, 2.45) is 35.5 Å². The largest absolute Gasteiger partial charge is 0.490 e. The minimum atomic E-state index is -2.47. The highest BCUT2D eigenvalue weighted by atomic mass is 127. The van der Waals surface area contributed by atoms with E-state index < -0.39 is 133 Å². The third-order valence-electron chi connectivity index (χ3n) is 11.9. The lowest BCUT2D eigenvalue weighted by molar-refractivity contribution is -0.385. The Kier molecular flexibility index (Phi) is 26.4. The van der Waals surface area contributed by atoms with Gasteiger partial charge in [-0.2, -0.15) is 0 Å². The molecule has 2 aromatic carbocycles. The average molecular weight is 1420 g/mol. The molecule has 0 aromatic heterocycles. The minimum absolute atomic E-state index is 0.00749. The van der Waals surface area contributed by atoms with Crippen molar-refractivity contribution in [1.29, 1.82) is 0 Å². The highest BCUT2D eigenvalue weighted by Crippen LogP contribution is 2.43. The molecule has 77 heavy (non-hydrogen) atoms. The molecule has 0 radical (unpaired) electrons. The summed E-state index contributed by atoms with van der Waals surface area (Å²) in [6, 6.07) is 7.95. The molecular weight excluding hydrogens is 1350 g/mol. The summed E-state index contributed by atoms with van der Waals surface area (Å²) in [4.78, 5) is 82.5. The molecule has 9 atom stereocenters. The fourth-order valence-corrected chi connectivity index (χ4v) is 11.0. The zero-order valence-corrected chi connectivity index (χ0v) is 53.2. The molecule has 2 aromatic rings. The maximum absolute atomic E-state index is 13.9. The molecule has 432 valence electrons. The van der Waals surface area contributed by atoms with Crippen LogP contribution in [0.15, 0.2) is 24.3 Å². The topological polar surface area (TPSA) is 222 Å².